The summed E-state index contributed by atoms with van der Waals surface area (Å²) in [7, 11) is 0. The molecule has 0 aliphatic carbocycles. The van der Waals surface area contributed by atoms with E-state index in [-0.39, 0.29) is 24.1 Å². The number of nitrogens with one attached hydrogen (secondary N) is 2. The largest absolute Gasteiger partial charge is 0.345 e. The lowest BCUT2D eigenvalue weighted by molar-refractivity contribution is -0.113. The zero-order chi connectivity index (χ0) is 22.4. The molecule has 0 aliphatic heterocycles. The Morgan fingerprint density at radius 2 is 1.81 bits per heavy atom. The maximum atomic E-state index is 12.4. The summed E-state index contributed by atoms with van der Waals surface area (Å²) in [5.74, 6) is 0.421. The summed E-state index contributed by atoms with van der Waals surface area (Å²) in [5.41, 5.74) is 3.38. The summed E-state index contributed by atoms with van der Waals surface area (Å²) < 4.78 is 1.88. The number of rotatable bonds is 8. The van der Waals surface area contributed by atoms with Gasteiger partial charge < -0.3 is 15.2 Å². The van der Waals surface area contributed by atoms with E-state index in [0.717, 1.165) is 16.8 Å². The zero-order valence-electron chi connectivity index (χ0n) is 17.6. The number of carbonyl (C=O) groups is 2. The van der Waals surface area contributed by atoms with Gasteiger partial charge in [-0.1, -0.05) is 41.6 Å². The van der Waals surface area contributed by atoms with Crippen molar-refractivity contribution in [1.82, 2.24) is 20.1 Å². The van der Waals surface area contributed by atoms with Crippen molar-refractivity contribution in [3.63, 3.8) is 0 Å². The fourth-order valence-electron chi connectivity index (χ4n) is 3.15. The van der Waals surface area contributed by atoms with E-state index in [2.05, 4.69) is 26.9 Å². The second-order valence-electron chi connectivity index (χ2n) is 7.02. The van der Waals surface area contributed by atoms with Crippen LogP contribution in [0.15, 0.2) is 47.6 Å². The van der Waals surface area contributed by atoms with Gasteiger partial charge in [0.2, 0.25) is 5.91 Å². The van der Waals surface area contributed by atoms with E-state index in [1.807, 2.05) is 37.5 Å². The highest BCUT2D eigenvalue weighted by Crippen LogP contribution is 2.19. The van der Waals surface area contributed by atoms with E-state index < -0.39 is 0 Å². The Hall–Kier alpha value is -2.84. The number of amides is 2. The molecule has 1 heterocycles. The Morgan fingerprint density at radius 3 is 2.48 bits per heavy atom. The van der Waals surface area contributed by atoms with E-state index >= 15 is 0 Å². The molecule has 0 saturated heterocycles. The molecule has 0 radical (unpaired) electrons. The van der Waals surface area contributed by atoms with Crippen LogP contribution in [-0.2, 0) is 17.9 Å². The highest BCUT2D eigenvalue weighted by Gasteiger charge is 2.15. The molecule has 2 N–H and O–H groups in total. The van der Waals surface area contributed by atoms with Crippen LogP contribution in [0, 0.1) is 13.8 Å². The molecule has 0 unspecified atom stereocenters. The number of anilines is 1. The highest BCUT2D eigenvalue weighted by molar-refractivity contribution is 7.99. The summed E-state index contributed by atoms with van der Waals surface area (Å²) in [4.78, 5) is 24.7. The molecule has 7 nitrogen and oxygen atoms in total. The van der Waals surface area contributed by atoms with Gasteiger partial charge in [-0.15, -0.1) is 10.2 Å². The van der Waals surface area contributed by atoms with Crippen LogP contribution in [-0.4, -0.2) is 32.3 Å². The first-order valence-corrected chi connectivity index (χ1v) is 11.2. The Bertz CT molecular complexity index is 1080. The quantitative estimate of drug-likeness (QED) is 0.494. The fourth-order valence-corrected chi connectivity index (χ4v) is 4.19. The van der Waals surface area contributed by atoms with Crippen LogP contribution >= 0.6 is 23.4 Å². The lowest BCUT2D eigenvalue weighted by atomic mass is 10.1. The molecule has 3 rings (SSSR count). The minimum Gasteiger partial charge on any atom is -0.345 e. The van der Waals surface area contributed by atoms with Crippen LogP contribution in [0.5, 0.6) is 0 Å². The molecule has 0 atom stereocenters. The molecule has 1 aromatic heterocycles. The molecule has 0 fully saturated rings. The molecule has 0 bridgehead atoms. The molecule has 9 heteroatoms. The molecule has 0 aliphatic rings. The minimum atomic E-state index is -0.279. The second-order valence-corrected chi connectivity index (χ2v) is 8.37. The number of aromatic nitrogens is 3. The third kappa shape index (κ3) is 6.08. The smallest absolute Gasteiger partial charge is 0.253 e. The van der Waals surface area contributed by atoms with Crippen molar-refractivity contribution in [2.45, 2.75) is 39.0 Å². The third-order valence-corrected chi connectivity index (χ3v) is 5.77. The van der Waals surface area contributed by atoms with E-state index in [1.54, 1.807) is 24.3 Å². The lowest BCUT2D eigenvalue weighted by Crippen LogP contribution is -2.25. The van der Waals surface area contributed by atoms with Gasteiger partial charge in [-0.05, 0) is 56.2 Å². The van der Waals surface area contributed by atoms with Crippen LogP contribution in [0.4, 0.5) is 5.69 Å². The molecule has 2 aromatic carbocycles. The number of aryl methyl sites for hydroxylation is 2. The molecule has 3 aromatic rings. The van der Waals surface area contributed by atoms with Crippen molar-refractivity contribution < 1.29 is 9.59 Å². The van der Waals surface area contributed by atoms with E-state index in [4.69, 9.17) is 11.6 Å². The van der Waals surface area contributed by atoms with E-state index in [9.17, 15) is 9.59 Å². The van der Waals surface area contributed by atoms with Gasteiger partial charge in [-0.25, -0.2) is 0 Å². The van der Waals surface area contributed by atoms with Gasteiger partial charge in [-0.2, -0.15) is 0 Å². The van der Waals surface area contributed by atoms with Gasteiger partial charge >= 0.3 is 0 Å². The Labute approximate surface area is 190 Å². The minimum absolute atomic E-state index is 0.116. The standard InChI is InChI=1S/C22H24ClN5O2S/c1-4-28-19(12-24-21(30)17-7-5-6-8-18(17)23)26-27-22(28)31-13-20(29)25-16-10-14(2)9-15(3)11-16/h5-11H,4,12-13H2,1-3H3,(H,24,30)(H,25,29). The molecular formula is C22H24ClN5O2S. The molecule has 31 heavy (non-hydrogen) atoms. The maximum Gasteiger partial charge on any atom is 0.253 e. The van der Waals surface area contributed by atoms with Crippen LogP contribution < -0.4 is 10.6 Å². The predicted octanol–water partition coefficient (Wildman–Crippen LogP) is 4.23. The number of hydrogen-bond donors (Lipinski definition) is 2. The first-order valence-electron chi connectivity index (χ1n) is 9.83. The SMILES string of the molecule is CCn1c(CNC(=O)c2ccccc2Cl)nnc1SCC(=O)Nc1cc(C)cc(C)c1. The third-order valence-electron chi connectivity index (χ3n) is 4.47. The van der Waals surface area contributed by atoms with Crippen LogP contribution in [0.25, 0.3) is 0 Å². The molecule has 0 saturated carbocycles. The average Bonchev–Trinajstić information content (AvgIpc) is 3.12. The van der Waals surface area contributed by atoms with Crippen LogP contribution in [0.3, 0.4) is 0 Å². The maximum absolute atomic E-state index is 12.4. The van der Waals surface area contributed by atoms with Gasteiger partial charge in [0.1, 0.15) is 0 Å². The van der Waals surface area contributed by atoms with Crippen molar-refractivity contribution in [1.29, 1.82) is 0 Å². The van der Waals surface area contributed by atoms with Crippen molar-refractivity contribution in [3.05, 3.63) is 70.0 Å². The Kier molecular flexibility index (Phi) is 7.70. The van der Waals surface area contributed by atoms with Crippen LogP contribution in [0.2, 0.25) is 5.02 Å². The summed E-state index contributed by atoms with van der Waals surface area (Å²) in [6, 6.07) is 12.8. The second kappa shape index (κ2) is 10.5. The highest BCUT2D eigenvalue weighted by atomic mass is 35.5. The van der Waals surface area contributed by atoms with Gasteiger partial charge in [0.05, 0.1) is 22.9 Å². The number of hydrogen-bond acceptors (Lipinski definition) is 5. The fraction of sp³-hybridized carbons (Fsp3) is 0.273. The first kappa shape index (κ1) is 22.8. The molecular weight excluding hydrogens is 434 g/mol. The number of thioether (sulfide) groups is 1. The van der Waals surface area contributed by atoms with Gasteiger partial charge in [0.25, 0.3) is 5.91 Å². The Morgan fingerprint density at radius 1 is 1.10 bits per heavy atom. The number of nitrogens with zero attached hydrogens (tertiary/aromatic N) is 3. The van der Waals surface area contributed by atoms with Gasteiger partial charge in [0.15, 0.2) is 11.0 Å². The number of halogens is 1. The topological polar surface area (TPSA) is 88.9 Å². The zero-order valence-corrected chi connectivity index (χ0v) is 19.2. The summed E-state index contributed by atoms with van der Waals surface area (Å²) in [5, 5.41) is 15.1. The van der Waals surface area contributed by atoms with E-state index in [1.165, 1.54) is 11.8 Å². The number of benzene rings is 2. The summed E-state index contributed by atoms with van der Waals surface area (Å²) >= 11 is 7.38. The monoisotopic (exact) mass is 457 g/mol. The van der Waals surface area contributed by atoms with Crippen molar-refractivity contribution in [2.75, 3.05) is 11.1 Å². The molecule has 0 spiro atoms. The molecule has 162 valence electrons. The van der Waals surface area contributed by atoms with Gasteiger partial charge in [0, 0.05) is 12.2 Å². The normalized spacial score (nSPS) is 10.7. The van der Waals surface area contributed by atoms with Gasteiger partial charge in [-0.3, -0.25) is 9.59 Å². The summed E-state index contributed by atoms with van der Waals surface area (Å²) in [6.07, 6.45) is 0. The van der Waals surface area contributed by atoms with Crippen LogP contribution in [0.1, 0.15) is 34.2 Å². The summed E-state index contributed by atoms with van der Waals surface area (Å²) in [6.45, 7) is 6.77. The van der Waals surface area contributed by atoms with E-state index in [0.29, 0.717) is 28.1 Å². The Balaban J connectivity index is 1.58. The first-order chi connectivity index (χ1) is 14.9. The lowest BCUT2D eigenvalue weighted by Gasteiger charge is -2.10. The number of carbonyl (C=O) groups excluding carboxylic acids is 2. The predicted molar refractivity (Wildman–Crippen MR) is 124 cm³/mol. The molecule has 2 amide bonds. The van der Waals surface area contributed by atoms with Crippen molar-refractivity contribution in [3.8, 4) is 0 Å². The van der Waals surface area contributed by atoms with Crippen molar-refractivity contribution in [2.24, 2.45) is 0 Å². The van der Waals surface area contributed by atoms with Crippen molar-refractivity contribution >= 4 is 40.9 Å². The average molecular weight is 458 g/mol.